The van der Waals surface area contributed by atoms with Gasteiger partial charge in [-0.3, -0.25) is 4.99 Å². The van der Waals surface area contributed by atoms with E-state index in [1.165, 1.54) is 0 Å². The molecule has 0 aliphatic heterocycles. The molecule has 0 bridgehead atoms. The molecule has 7 heteroatoms. The summed E-state index contributed by atoms with van der Waals surface area (Å²) in [5, 5.41) is 3.40. The molecule has 2 aromatic carbocycles. The zero-order valence-corrected chi connectivity index (χ0v) is 20.1. The monoisotopic (exact) mass is 512 g/mol. The summed E-state index contributed by atoms with van der Waals surface area (Å²) in [5.74, 6) is 2.60. The van der Waals surface area contributed by atoms with Crippen LogP contribution in [0, 0.1) is 0 Å². The summed E-state index contributed by atoms with van der Waals surface area (Å²) >= 11 is 0. The summed E-state index contributed by atoms with van der Waals surface area (Å²) in [5.41, 5.74) is 1.11. The Kier molecular flexibility index (Phi) is 12.1. The third-order valence-corrected chi connectivity index (χ3v) is 4.22. The Morgan fingerprint density at radius 1 is 0.897 bits per heavy atom. The third kappa shape index (κ3) is 9.36. The number of benzene rings is 2. The van der Waals surface area contributed by atoms with Gasteiger partial charge in [0.05, 0.1) is 6.54 Å². The molecule has 6 nitrogen and oxygen atoms in total. The van der Waals surface area contributed by atoms with E-state index in [4.69, 9.17) is 9.47 Å². The van der Waals surface area contributed by atoms with Gasteiger partial charge in [0.1, 0.15) is 24.7 Å². The smallest absolute Gasteiger partial charge is 0.193 e. The fraction of sp³-hybridized carbons (Fsp3) is 0.409. The highest BCUT2D eigenvalue weighted by atomic mass is 127. The minimum absolute atomic E-state index is 0. The van der Waals surface area contributed by atoms with E-state index in [-0.39, 0.29) is 24.0 Å². The molecule has 0 atom stereocenters. The van der Waals surface area contributed by atoms with Crippen LogP contribution in [-0.2, 0) is 6.54 Å². The minimum atomic E-state index is 0. The van der Waals surface area contributed by atoms with Crippen molar-refractivity contribution in [1.82, 2.24) is 15.1 Å². The average Bonchev–Trinajstić information content (AvgIpc) is 2.70. The number of hydrogen-bond acceptors (Lipinski definition) is 4. The second kappa shape index (κ2) is 14.1. The number of likely N-dealkylation sites (N-methyl/N-ethyl adjacent to an activating group) is 2. The number of halogens is 1. The Bertz CT molecular complexity index is 726. The van der Waals surface area contributed by atoms with E-state index in [0.717, 1.165) is 36.1 Å². The zero-order valence-electron chi connectivity index (χ0n) is 17.8. The maximum atomic E-state index is 5.93. The van der Waals surface area contributed by atoms with Crippen LogP contribution < -0.4 is 14.8 Å². The van der Waals surface area contributed by atoms with Crippen LogP contribution in [0.3, 0.4) is 0 Å². The lowest BCUT2D eigenvalue weighted by atomic mass is 10.2. The molecule has 29 heavy (non-hydrogen) atoms. The van der Waals surface area contributed by atoms with E-state index in [9.17, 15) is 0 Å². The number of ether oxygens (including phenoxy) is 2. The molecular formula is C22H33IN4O2. The lowest BCUT2D eigenvalue weighted by Gasteiger charge is -2.22. The van der Waals surface area contributed by atoms with Crippen molar-refractivity contribution >= 4 is 29.9 Å². The second-order valence-electron chi connectivity index (χ2n) is 6.74. The molecule has 0 aromatic heterocycles. The van der Waals surface area contributed by atoms with Crippen LogP contribution in [0.15, 0.2) is 59.6 Å². The molecule has 0 saturated heterocycles. The maximum Gasteiger partial charge on any atom is 0.193 e. The van der Waals surface area contributed by atoms with Crippen LogP contribution in [0.5, 0.6) is 11.5 Å². The number of nitrogens with zero attached hydrogens (tertiary/aromatic N) is 3. The summed E-state index contributed by atoms with van der Waals surface area (Å²) in [6.45, 7) is 3.51. The van der Waals surface area contributed by atoms with Gasteiger partial charge in [-0.2, -0.15) is 0 Å². The lowest BCUT2D eigenvalue weighted by molar-refractivity contribution is 0.259. The van der Waals surface area contributed by atoms with Crippen LogP contribution in [0.25, 0.3) is 0 Å². The fourth-order valence-electron chi connectivity index (χ4n) is 2.61. The highest BCUT2D eigenvalue weighted by molar-refractivity contribution is 14.0. The van der Waals surface area contributed by atoms with E-state index in [1.807, 2.05) is 69.7 Å². The van der Waals surface area contributed by atoms with Gasteiger partial charge < -0.3 is 24.6 Å². The van der Waals surface area contributed by atoms with Gasteiger partial charge in [0.25, 0.3) is 0 Å². The Balaban J connectivity index is 0.00000420. The molecule has 1 N–H and O–H groups in total. The standard InChI is InChI=1S/C22H32N4O2.HI/c1-23-22(26(4)15-17-27-20-11-6-5-7-12-20)24-18-19-10-8-9-13-21(19)28-16-14-25(2)3;/h5-13H,14-18H2,1-4H3,(H,23,24);1H. The summed E-state index contributed by atoms with van der Waals surface area (Å²) in [6, 6.07) is 17.9. The van der Waals surface area contributed by atoms with Crippen molar-refractivity contribution in [2.24, 2.45) is 4.99 Å². The van der Waals surface area contributed by atoms with E-state index < -0.39 is 0 Å². The van der Waals surface area contributed by atoms with Gasteiger partial charge in [-0.05, 0) is 32.3 Å². The van der Waals surface area contributed by atoms with Crippen molar-refractivity contribution in [2.45, 2.75) is 6.54 Å². The first-order valence-electron chi connectivity index (χ1n) is 9.55. The van der Waals surface area contributed by atoms with Gasteiger partial charge in [0.2, 0.25) is 0 Å². The molecule has 160 valence electrons. The first kappa shape index (κ1) is 25.0. The van der Waals surface area contributed by atoms with Gasteiger partial charge in [0.15, 0.2) is 5.96 Å². The Hall–Kier alpha value is -2.00. The van der Waals surface area contributed by atoms with Gasteiger partial charge in [-0.1, -0.05) is 36.4 Å². The highest BCUT2D eigenvalue weighted by Gasteiger charge is 2.08. The SMILES string of the molecule is CN=C(NCc1ccccc1OCCN(C)C)N(C)CCOc1ccccc1.I. The van der Waals surface area contributed by atoms with Crippen molar-refractivity contribution < 1.29 is 9.47 Å². The molecule has 0 unspecified atom stereocenters. The molecule has 2 rings (SSSR count). The molecule has 0 fully saturated rings. The maximum absolute atomic E-state index is 5.93. The Morgan fingerprint density at radius 3 is 2.24 bits per heavy atom. The van der Waals surface area contributed by atoms with Crippen LogP contribution >= 0.6 is 24.0 Å². The third-order valence-electron chi connectivity index (χ3n) is 4.22. The lowest BCUT2D eigenvalue weighted by Crippen LogP contribution is -2.40. The van der Waals surface area contributed by atoms with Crippen LogP contribution in [0.4, 0.5) is 0 Å². The minimum Gasteiger partial charge on any atom is -0.492 e. The van der Waals surface area contributed by atoms with Crippen molar-refractivity contribution in [1.29, 1.82) is 0 Å². The molecule has 2 aromatic rings. The number of para-hydroxylation sites is 2. The number of hydrogen-bond donors (Lipinski definition) is 1. The van der Waals surface area contributed by atoms with Crippen LogP contribution in [0.2, 0.25) is 0 Å². The fourth-order valence-corrected chi connectivity index (χ4v) is 2.61. The van der Waals surface area contributed by atoms with E-state index in [0.29, 0.717) is 19.8 Å². The van der Waals surface area contributed by atoms with Crippen molar-refractivity contribution in [3.8, 4) is 11.5 Å². The van der Waals surface area contributed by atoms with Crippen LogP contribution in [-0.4, -0.2) is 70.3 Å². The molecule has 0 saturated carbocycles. The normalized spacial score (nSPS) is 11.0. The first-order valence-corrected chi connectivity index (χ1v) is 9.55. The van der Waals surface area contributed by atoms with Gasteiger partial charge in [0, 0.05) is 32.7 Å². The quantitative estimate of drug-likeness (QED) is 0.301. The van der Waals surface area contributed by atoms with Crippen molar-refractivity contribution in [3.05, 3.63) is 60.2 Å². The van der Waals surface area contributed by atoms with Crippen LogP contribution in [0.1, 0.15) is 5.56 Å². The predicted molar refractivity (Wildman–Crippen MR) is 131 cm³/mol. The number of guanidine groups is 1. The van der Waals surface area contributed by atoms with Gasteiger partial charge >= 0.3 is 0 Å². The van der Waals surface area contributed by atoms with Gasteiger partial charge in [-0.25, -0.2) is 0 Å². The highest BCUT2D eigenvalue weighted by Crippen LogP contribution is 2.17. The topological polar surface area (TPSA) is 49.3 Å². The molecule has 0 radical (unpaired) electrons. The summed E-state index contributed by atoms with van der Waals surface area (Å²) in [7, 11) is 7.87. The largest absolute Gasteiger partial charge is 0.492 e. The Labute approximate surface area is 191 Å². The molecule has 0 spiro atoms. The van der Waals surface area contributed by atoms with E-state index in [1.54, 1.807) is 7.05 Å². The summed E-state index contributed by atoms with van der Waals surface area (Å²) in [6.07, 6.45) is 0. The van der Waals surface area contributed by atoms with E-state index in [2.05, 4.69) is 26.2 Å². The Morgan fingerprint density at radius 2 is 1.55 bits per heavy atom. The molecular weight excluding hydrogens is 479 g/mol. The number of nitrogens with one attached hydrogen (secondary N) is 1. The molecule has 0 heterocycles. The molecule has 0 aliphatic rings. The van der Waals surface area contributed by atoms with E-state index >= 15 is 0 Å². The molecule has 0 aliphatic carbocycles. The predicted octanol–water partition coefficient (Wildman–Crippen LogP) is 3.33. The van der Waals surface area contributed by atoms with Gasteiger partial charge in [-0.15, -0.1) is 24.0 Å². The average molecular weight is 512 g/mol. The van der Waals surface area contributed by atoms with Crippen molar-refractivity contribution in [3.63, 3.8) is 0 Å². The molecule has 0 amide bonds. The summed E-state index contributed by atoms with van der Waals surface area (Å²) in [4.78, 5) is 8.53. The first-order chi connectivity index (χ1) is 13.6. The summed E-state index contributed by atoms with van der Waals surface area (Å²) < 4.78 is 11.7. The van der Waals surface area contributed by atoms with Crippen molar-refractivity contribution in [2.75, 3.05) is 54.5 Å². The number of aliphatic imine (C=N–C) groups is 1. The second-order valence-corrected chi connectivity index (χ2v) is 6.74. The number of rotatable bonds is 10. The zero-order chi connectivity index (χ0) is 20.2.